The molecule has 6 heteroatoms. The van der Waals surface area contributed by atoms with Crippen LogP contribution in [-0.4, -0.2) is 19.7 Å². The van der Waals surface area contributed by atoms with Gasteiger partial charge in [-0.3, -0.25) is 4.57 Å². The molecule has 0 aliphatic rings. The number of aromatic nitrogens is 4. The van der Waals surface area contributed by atoms with Crippen LogP contribution in [0, 0.1) is 6.92 Å². The van der Waals surface area contributed by atoms with E-state index in [0.717, 1.165) is 33.4 Å². The zero-order valence-corrected chi connectivity index (χ0v) is 17.8. The molecule has 2 aromatic heterocycles. The molecule has 0 aliphatic heterocycles. The second-order valence-corrected chi connectivity index (χ2v) is 7.94. The third kappa shape index (κ3) is 4.02. The lowest BCUT2D eigenvalue weighted by Crippen LogP contribution is -1.99. The van der Waals surface area contributed by atoms with Gasteiger partial charge in [0.2, 0.25) is 11.8 Å². The lowest BCUT2D eigenvalue weighted by Gasteiger charge is -2.13. The Morgan fingerprint density at radius 1 is 0.774 bits per heavy atom. The summed E-state index contributed by atoms with van der Waals surface area (Å²) in [6.07, 6.45) is 0. The van der Waals surface area contributed by atoms with Gasteiger partial charge in [0.15, 0.2) is 5.16 Å². The van der Waals surface area contributed by atoms with Gasteiger partial charge in [-0.1, -0.05) is 90.6 Å². The number of hydrogen-bond acceptors (Lipinski definition) is 5. The van der Waals surface area contributed by atoms with Gasteiger partial charge in [-0.2, -0.15) is 0 Å². The largest absolute Gasteiger partial charge is 0.425 e. The second-order valence-electron chi connectivity index (χ2n) is 7.00. The number of imidazole rings is 1. The Balaban J connectivity index is 1.70. The summed E-state index contributed by atoms with van der Waals surface area (Å²) in [7, 11) is 0. The van der Waals surface area contributed by atoms with E-state index in [1.54, 1.807) is 18.7 Å². The summed E-state index contributed by atoms with van der Waals surface area (Å²) in [5.74, 6) is 1.71. The summed E-state index contributed by atoms with van der Waals surface area (Å²) in [6.45, 7) is 1.80. The molecule has 0 spiro atoms. The van der Waals surface area contributed by atoms with Crippen molar-refractivity contribution in [2.75, 3.05) is 0 Å². The Morgan fingerprint density at radius 2 is 1.39 bits per heavy atom. The van der Waals surface area contributed by atoms with E-state index in [-0.39, 0.29) is 0 Å². The van der Waals surface area contributed by atoms with E-state index in [2.05, 4.69) is 63.3 Å². The molecule has 0 atom stereocenters. The first kappa shape index (κ1) is 19.3. The fraction of sp³-hybridized carbons (Fsp3) is 0.0800. The highest BCUT2D eigenvalue weighted by Crippen LogP contribution is 2.38. The fourth-order valence-corrected chi connectivity index (χ4v) is 4.35. The quantitative estimate of drug-likeness (QED) is 0.304. The van der Waals surface area contributed by atoms with E-state index < -0.39 is 0 Å². The van der Waals surface area contributed by atoms with Crippen molar-refractivity contribution in [3.05, 3.63) is 103 Å². The SMILES string of the molecule is Cc1nnc(CSc2nc(-c3ccccc3)c(-c3ccccc3)n2-c2ccccc2)o1. The molecule has 5 nitrogen and oxygen atoms in total. The van der Waals surface area contributed by atoms with Crippen LogP contribution in [0.1, 0.15) is 11.8 Å². The standard InChI is InChI=1S/C25H20N4OS/c1-18-27-28-22(30-18)17-31-25-26-23(19-11-5-2-6-12-19)24(20-13-7-3-8-14-20)29(25)21-15-9-4-10-16-21/h2-16H,17H2,1H3. The normalized spacial score (nSPS) is 11.0. The highest BCUT2D eigenvalue weighted by molar-refractivity contribution is 7.98. The van der Waals surface area contributed by atoms with Crippen LogP contribution in [0.4, 0.5) is 0 Å². The van der Waals surface area contributed by atoms with Gasteiger partial charge < -0.3 is 4.42 Å². The van der Waals surface area contributed by atoms with Gasteiger partial charge >= 0.3 is 0 Å². The molecule has 31 heavy (non-hydrogen) atoms. The van der Waals surface area contributed by atoms with Gasteiger partial charge in [0, 0.05) is 23.7 Å². The van der Waals surface area contributed by atoms with Gasteiger partial charge in [0.05, 0.1) is 17.1 Å². The van der Waals surface area contributed by atoms with E-state index in [1.165, 1.54) is 0 Å². The van der Waals surface area contributed by atoms with Gasteiger partial charge in [0.25, 0.3) is 0 Å². The average Bonchev–Trinajstić information content (AvgIpc) is 3.43. The third-order valence-electron chi connectivity index (χ3n) is 4.85. The van der Waals surface area contributed by atoms with Crippen molar-refractivity contribution in [2.45, 2.75) is 17.8 Å². The van der Waals surface area contributed by atoms with Gasteiger partial charge in [-0.05, 0) is 12.1 Å². The molecule has 0 unspecified atom stereocenters. The van der Waals surface area contributed by atoms with Gasteiger partial charge in [-0.25, -0.2) is 4.98 Å². The Morgan fingerprint density at radius 3 is 2.00 bits per heavy atom. The minimum absolute atomic E-state index is 0.549. The van der Waals surface area contributed by atoms with Gasteiger partial charge in [0.1, 0.15) is 0 Å². The van der Waals surface area contributed by atoms with Crippen molar-refractivity contribution in [1.29, 1.82) is 0 Å². The molecular weight excluding hydrogens is 404 g/mol. The minimum atomic E-state index is 0.549. The Kier molecular flexibility index (Phi) is 5.37. The first-order valence-corrected chi connectivity index (χ1v) is 11.0. The monoisotopic (exact) mass is 424 g/mol. The summed E-state index contributed by atoms with van der Waals surface area (Å²) < 4.78 is 7.79. The maximum Gasteiger partial charge on any atom is 0.226 e. The molecule has 3 aromatic carbocycles. The number of nitrogens with zero attached hydrogens (tertiary/aromatic N) is 4. The molecule has 0 amide bonds. The highest BCUT2D eigenvalue weighted by atomic mass is 32.2. The number of benzene rings is 3. The number of hydrogen-bond donors (Lipinski definition) is 0. The van der Waals surface area contributed by atoms with Crippen molar-refractivity contribution in [3.63, 3.8) is 0 Å². The lowest BCUT2D eigenvalue weighted by atomic mass is 10.0. The van der Waals surface area contributed by atoms with E-state index in [0.29, 0.717) is 17.5 Å². The maximum atomic E-state index is 5.58. The van der Waals surface area contributed by atoms with E-state index in [9.17, 15) is 0 Å². The minimum Gasteiger partial charge on any atom is -0.425 e. The van der Waals surface area contributed by atoms with Crippen molar-refractivity contribution in [2.24, 2.45) is 0 Å². The first-order valence-electron chi connectivity index (χ1n) is 10.0. The zero-order valence-electron chi connectivity index (χ0n) is 17.0. The van der Waals surface area contributed by atoms with Gasteiger partial charge in [-0.15, -0.1) is 10.2 Å². The van der Waals surface area contributed by atoms with Crippen LogP contribution in [0.25, 0.3) is 28.2 Å². The number of thioether (sulfide) groups is 1. The third-order valence-corrected chi connectivity index (χ3v) is 5.77. The lowest BCUT2D eigenvalue weighted by molar-refractivity contribution is 0.485. The maximum absolute atomic E-state index is 5.58. The fourth-order valence-electron chi connectivity index (χ4n) is 3.49. The molecule has 0 saturated carbocycles. The van der Waals surface area contributed by atoms with Crippen LogP contribution in [-0.2, 0) is 5.75 Å². The molecule has 0 saturated heterocycles. The number of rotatable bonds is 6. The zero-order chi connectivity index (χ0) is 21.0. The molecule has 0 N–H and O–H groups in total. The van der Waals surface area contributed by atoms with Crippen LogP contribution >= 0.6 is 11.8 Å². The first-order chi connectivity index (χ1) is 15.3. The smallest absolute Gasteiger partial charge is 0.226 e. The summed E-state index contributed by atoms with van der Waals surface area (Å²) >= 11 is 1.59. The summed E-state index contributed by atoms with van der Waals surface area (Å²) in [6, 6.07) is 31.0. The molecule has 2 heterocycles. The molecule has 0 radical (unpaired) electrons. The second kappa shape index (κ2) is 8.62. The summed E-state index contributed by atoms with van der Waals surface area (Å²) in [5.41, 5.74) is 5.24. The molecular formula is C25H20N4OS. The van der Waals surface area contributed by atoms with Crippen molar-refractivity contribution < 1.29 is 4.42 Å². The van der Waals surface area contributed by atoms with E-state index >= 15 is 0 Å². The van der Waals surface area contributed by atoms with Crippen LogP contribution in [0.3, 0.4) is 0 Å². The predicted octanol–water partition coefficient (Wildman–Crippen LogP) is 6.19. The molecule has 0 bridgehead atoms. The highest BCUT2D eigenvalue weighted by Gasteiger charge is 2.22. The van der Waals surface area contributed by atoms with Crippen LogP contribution in [0.15, 0.2) is 101 Å². The predicted molar refractivity (Wildman–Crippen MR) is 123 cm³/mol. The molecule has 5 aromatic rings. The molecule has 0 aliphatic carbocycles. The Bertz CT molecular complexity index is 1280. The molecule has 152 valence electrons. The number of aryl methyl sites for hydroxylation is 1. The van der Waals surface area contributed by atoms with Crippen molar-refractivity contribution in [1.82, 2.24) is 19.7 Å². The Hall–Kier alpha value is -3.64. The molecule has 0 fully saturated rings. The van der Waals surface area contributed by atoms with Crippen LogP contribution in [0.5, 0.6) is 0 Å². The van der Waals surface area contributed by atoms with Crippen LogP contribution < -0.4 is 0 Å². The molecule has 5 rings (SSSR count). The average molecular weight is 425 g/mol. The summed E-state index contributed by atoms with van der Waals surface area (Å²) in [5, 5.41) is 8.95. The van der Waals surface area contributed by atoms with E-state index in [4.69, 9.17) is 9.40 Å². The topological polar surface area (TPSA) is 56.7 Å². The summed E-state index contributed by atoms with van der Waals surface area (Å²) in [4.78, 5) is 5.09. The van der Waals surface area contributed by atoms with Crippen molar-refractivity contribution in [3.8, 4) is 28.2 Å². The number of para-hydroxylation sites is 1. The van der Waals surface area contributed by atoms with Crippen LogP contribution in [0.2, 0.25) is 0 Å². The van der Waals surface area contributed by atoms with E-state index in [1.807, 2.05) is 42.5 Å². The Labute approximate surface area is 184 Å². The van der Waals surface area contributed by atoms with Crippen molar-refractivity contribution >= 4 is 11.8 Å².